The van der Waals surface area contributed by atoms with Gasteiger partial charge < -0.3 is 46.2 Å². The van der Waals surface area contributed by atoms with Crippen LogP contribution in [-0.2, 0) is 32.1 Å². The van der Waals surface area contributed by atoms with Crippen LogP contribution in [0.3, 0.4) is 0 Å². The number of ether oxygens (including phenoxy) is 1. The number of aliphatic hydroxyl groups is 1. The molecule has 6 N–H and O–H groups in total. The number of pyridine rings is 1. The van der Waals surface area contributed by atoms with E-state index in [2.05, 4.69) is 97.2 Å². The van der Waals surface area contributed by atoms with Crippen LogP contribution in [0, 0.1) is 6.92 Å². The zero-order valence-electron chi connectivity index (χ0n) is 43.3. The summed E-state index contributed by atoms with van der Waals surface area (Å²) in [5.74, 6) is -0.320. The van der Waals surface area contributed by atoms with Crippen LogP contribution >= 0.6 is 11.6 Å². The molecule has 0 unspecified atom stereocenters. The molecule has 0 saturated carbocycles. The second-order valence-corrected chi connectivity index (χ2v) is 19.8. The lowest BCUT2D eigenvalue weighted by atomic mass is 9.95. The van der Waals surface area contributed by atoms with E-state index in [4.69, 9.17) is 16.3 Å². The number of hydrogen-bond acceptors (Lipinski definition) is 13. The molecular formula is C56H72ClN11O6. The average molecular weight is 1030 g/mol. The molecule has 3 aromatic carbocycles. The Morgan fingerprint density at radius 1 is 0.838 bits per heavy atom. The highest BCUT2D eigenvalue weighted by Crippen LogP contribution is 2.43. The molecule has 1 aliphatic carbocycles. The van der Waals surface area contributed by atoms with E-state index in [0.717, 1.165) is 51.2 Å². The van der Waals surface area contributed by atoms with Crippen LogP contribution in [0.25, 0.3) is 11.1 Å². The molecule has 0 bridgehead atoms. The van der Waals surface area contributed by atoms with Gasteiger partial charge >= 0.3 is 0 Å². The van der Waals surface area contributed by atoms with Crippen molar-refractivity contribution >= 4 is 46.7 Å². The Labute approximate surface area is 440 Å². The van der Waals surface area contributed by atoms with Crippen LogP contribution in [0.4, 0.5) is 11.5 Å². The number of piperazine rings is 1. The first-order valence-corrected chi connectivity index (χ1v) is 26.2. The molecule has 2 aromatic heterocycles. The van der Waals surface area contributed by atoms with E-state index in [1.807, 2.05) is 66.4 Å². The third-order valence-corrected chi connectivity index (χ3v) is 13.8. The minimum absolute atomic E-state index is 0.0386. The largest absolute Gasteiger partial charge is 0.387 e. The van der Waals surface area contributed by atoms with Gasteiger partial charge in [-0.05, 0) is 80.0 Å². The van der Waals surface area contributed by atoms with Gasteiger partial charge in [-0.2, -0.15) is 0 Å². The zero-order chi connectivity index (χ0) is 52.6. The van der Waals surface area contributed by atoms with Crippen molar-refractivity contribution in [3.8, 4) is 11.1 Å². The number of rotatable bonds is 25. The first kappa shape index (κ1) is 55.4. The van der Waals surface area contributed by atoms with E-state index >= 15 is 0 Å². The van der Waals surface area contributed by atoms with Crippen molar-refractivity contribution in [2.24, 2.45) is 0 Å². The summed E-state index contributed by atoms with van der Waals surface area (Å²) in [7, 11) is 0. The number of nitrogens with zero attached hydrogens (tertiary/aromatic N) is 6. The predicted octanol–water partition coefficient (Wildman–Crippen LogP) is 5.63. The Bertz CT molecular complexity index is 2680. The summed E-state index contributed by atoms with van der Waals surface area (Å²) in [6.07, 6.45) is 4.08. The van der Waals surface area contributed by atoms with Crippen molar-refractivity contribution in [2.45, 2.75) is 78.0 Å². The Balaban J connectivity index is 0.829. The summed E-state index contributed by atoms with van der Waals surface area (Å²) >= 11 is 6.28. The Hall–Kier alpha value is -6.34. The van der Waals surface area contributed by atoms with Crippen molar-refractivity contribution in [3.05, 3.63) is 136 Å². The quantitative estimate of drug-likeness (QED) is 0.0393. The summed E-state index contributed by atoms with van der Waals surface area (Å²) in [4.78, 5) is 73.7. The molecule has 3 atom stereocenters. The molecule has 74 heavy (non-hydrogen) atoms. The third-order valence-electron chi connectivity index (χ3n) is 13.6. The molecule has 0 spiro atoms. The minimum Gasteiger partial charge on any atom is -0.387 e. The van der Waals surface area contributed by atoms with Crippen molar-refractivity contribution in [2.75, 3.05) is 95.4 Å². The van der Waals surface area contributed by atoms with Crippen LogP contribution in [0.15, 0.2) is 91.4 Å². The highest BCUT2D eigenvalue weighted by Gasteiger charge is 2.36. The lowest BCUT2D eigenvalue weighted by Crippen LogP contribution is -2.52. The highest BCUT2D eigenvalue weighted by molar-refractivity contribution is 6.30. The van der Waals surface area contributed by atoms with Crippen molar-refractivity contribution in [1.82, 2.24) is 46.0 Å². The van der Waals surface area contributed by atoms with E-state index < -0.39 is 17.9 Å². The number of aliphatic hydroxyl groups excluding tert-OH is 1. The molecule has 0 radical (unpaired) electrons. The standard InChI is InChI=1S/C56H72ClN11O6/c1-6-40-10-8-12-43(29-40)44-30-47(65-50(71)34-59-31-41-11-7-9-38(4)27-41)52(62-32-44)55(72)61-19-26-74-25-18-58-33-49(70)60-17-20-68(37(2)3)35-46(42-13-15-45(57)16-14-42)56(73)67-23-21-66(22-24-67)54-51-39(5)28-48(69)53(51)63-36-64-54/h7-16,27,29-30,32,36-37,39,46,48,58-59,69H,6,17-26,28,31,33-35H2,1-5H3,(H,60,70)(H,61,72)(H,65,71)/t39-,46-,48-/m1/s1. The van der Waals surface area contributed by atoms with Crippen molar-refractivity contribution in [1.29, 1.82) is 0 Å². The molecule has 2 aliphatic rings. The fourth-order valence-corrected chi connectivity index (χ4v) is 9.63. The van der Waals surface area contributed by atoms with E-state index in [9.17, 15) is 24.3 Å². The first-order chi connectivity index (χ1) is 35.8. The average Bonchev–Trinajstić information content (AvgIpc) is 3.70. The molecule has 5 aromatic rings. The molecule has 1 fully saturated rings. The Morgan fingerprint density at radius 3 is 2.34 bits per heavy atom. The van der Waals surface area contributed by atoms with Gasteiger partial charge in [0.2, 0.25) is 17.7 Å². The number of carbonyl (C=O) groups excluding carboxylic acids is 4. The number of nitrogens with one attached hydrogen (secondary N) is 5. The zero-order valence-corrected chi connectivity index (χ0v) is 44.1. The van der Waals surface area contributed by atoms with Gasteiger partial charge in [0, 0.05) is 93.8 Å². The van der Waals surface area contributed by atoms with Crippen LogP contribution in [0.5, 0.6) is 0 Å². The van der Waals surface area contributed by atoms with Gasteiger partial charge in [0.15, 0.2) is 5.69 Å². The molecule has 1 aliphatic heterocycles. The molecule has 7 rings (SSSR count). The molecule has 1 saturated heterocycles. The number of hydrogen-bond donors (Lipinski definition) is 6. The summed E-state index contributed by atoms with van der Waals surface area (Å²) < 4.78 is 5.75. The summed E-state index contributed by atoms with van der Waals surface area (Å²) in [6.45, 7) is 15.9. The maximum absolute atomic E-state index is 14.4. The molecule has 17 nitrogen and oxygen atoms in total. The first-order valence-electron chi connectivity index (χ1n) is 25.8. The lowest BCUT2D eigenvalue weighted by molar-refractivity contribution is -0.133. The van der Waals surface area contributed by atoms with Crippen LogP contribution in [-0.4, -0.2) is 145 Å². The molecule has 3 heterocycles. The topological polar surface area (TPSA) is 206 Å². The van der Waals surface area contributed by atoms with E-state index in [0.29, 0.717) is 88.3 Å². The minimum atomic E-state index is -0.584. The van der Waals surface area contributed by atoms with Gasteiger partial charge in [-0.3, -0.25) is 24.1 Å². The third kappa shape index (κ3) is 15.4. The number of aryl methyl sites for hydroxylation is 2. The van der Waals surface area contributed by atoms with Crippen molar-refractivity contribution in [3.63, 3.8) is 0 Å². The summed E-state index contributed by atoms with van der Waals surface area (Å²) in [5.41, 5.74) is 8.07. The smallest absolute Gasteiger partial charge is 0.272 e. The predicted molar refractivity (Wildman–Crippen MR) is 289 cm³/mol. The number of benzene rings is 3. The fourth-order valence-electron chi connectivity index (χ4n) is 9.51. The SMILES string of the molecule is CCc1cccc(-c2cnc(C(=O)NCCOCCNCC(=O)NCCN(C[C@@H](C(=O)N3CCN(c4ncnc5c4[C@H](C)C[C@H]5O)CC3)c3ccc(Cl)cc3)C(C)C)c(NC(=O)CNCc3cccc(C)c3)c2)c1. The van der Waals surface area contributed by atoms with E-state index in [1.54, 1.807) is 12.3 Å². The molecule has 18 heteroatoms. The number of aromatic nitrogens is 3. The van der Waals surface area contributed by atoms with Crippen LogP contribution in [0.2, 0.25) is 5.02 Å². The monoisotopic (exact) mass is 1030 g/mol. The lowest BCUT2D eigenvalue weighted by Gasteiger charge is -2.39. The number of amides is 4. The normalized spacial score (nSPS) is 15.8. The summed E-state index contributed by atoms with van der Waals surface area (Å²) in [6, 6.07) is 25.5. The second kappa shape index (κ2) is 27.3. The second-order valence-electron chi connectivity index (χ2n) is 19.4. The number of halogens is 1. The number of carbonyl (C=O) groups is 4. The van der Waals surface area contributed by atoms with Gasteiger partial charge in [-0.25, -0.2) is 15.0 Å². The van der Waals surface area contributed by atoms with Crippen LogP contribution < -0.4 is 31.5 Å². The molecular weight excluding hydrogens is 958 g/mol. The maximum atomic E-state index is 14.4. The van der Waals surface area contributed by atoms with Crippen LogP contribution in [0.1, 0.15) is 96.1 Å². The number of anilines is 2. The molecule has 4 amide bonds. The molecule has 394 valence electrons. The Morgan fingerprint density at radius 2 is 1.58 bits per heavy atom. The fraction of sp³-hybridized carbons (Fsp3) is 0.446. The van der Waals surface area contributed by atoms with Gasteiger partial charge in [0.1, 0.15) is 12.1 Å². The van der Waals surface area contributed by atoms with Gasteiger partial charge in [0.25, 0.3) is 5.91 Å². The van der Waals surface area contributed by atoms with Gasteiger partial charge in [-0.1, -0.05) is 91.7 Å². The highest BCUT2D eigenvalue weighted by atomic mass is 35.5. The van der Waals surface area contributed by atoms with E-state index in [1.165, 1.54) is 6.33 Å². The van der Waals surface area contributed by atoms with Gasteiger partial charge in [-0.15, -0.1) is 0 Å². The van der Waals surface area contributed by atoms with Gasteiger partial charge in [0.05, 0.1) is 49.7 Å². The van der Waals surface area contributed by atoms with Crippen molar-refractivity contribution < 1.29 is 29.0 Å². The summed E-state index contributed by atoms with van der Waals surface area (Å²) in [5, 5.41) is 26.2. The van der Waals surface area contributed by atoms with E-state index in [-0.39, 0.29) is 61.6 Å². The number of fused-ring (bicyclic) bond motifs is 1. The Kier molecular flexibility index (Phi) is 20.4. The maximum Gasteiger partial charge on any atom is 0.272 e.